The molecule has 2 rings (SSSR count). The lowest BCUT2D eigenvalue weighted by molar-refractivity contribution is -0.119. The maximum Gasteiger partial charge on any atom is 0.227 e. The van der Waals surface area contributed by atoms with Crippen molar-refractivity contribution in [1.82, 2.24) is 5.32 Å². The fraction of sp³-hybridized carbons (Fsp3) is 0.579. The van der Waals surface area contributed by atoms with E-state index in [-0.39, 0.29) is 11.8 Å². The second kappa shape index (κ2) is 10.7. The number of aliphatic imine (C=N–C) groups is 1. The van der Waals surface area contributed by atoms with Crippen LogP contribution in [-0.2, 0) is 16.1 Å². The topological polar surface area (TPSA) is 88.7 Å². The molecule has 6 heteroatoms. The van der Waals surface area contributed by atoms with Gasteiger partial charge < -0.3 is 21.1 Å². The minimum Gasteiger partial charge on any atom is -0.382 e. The lowest BCUT2D eigenvalue weighted by atomic mass is 10.1. The Labute approximate surface area is 150 Å². The number of amides is 1. The Bertz CT molecular complexity index is 568. The second-order valence-corrected chi connectivity index (χ2v) is 6.35. The molecule has 0 aromatic heterocycles. The van der Waals surface area contributed by atoms with Crippen molar-refractivity contribution in [3.8, 4) is 0 Å². The number of hydrogen-bond acceptors (Lipinski definition) is 3. The Hall–Kier alpha value is -2.08. The van der Waals surface area contributed by atoms with Gasteiger partial charge in [-0.15, -0.1) is 0 Å². The Balaban J connectivity index is 1.78. The molecule has 0 spiro atoms. The Morgan fingerprint density at radius 2 is 2.16 bits per heavy atom. The van der Waals surface area contributed by atoms with Crippen molar-refractivity contribution in [2.24, 2.45) is 16.6 Å². The molecule has 138 valence electrons. The fourth-order valence-corrected chi connectivity index (χ4v) is 2.95. The molecule has 0 unspecified atom stereocenters. The number of nitrogens with one attached hydrogen (secondary N) is 2. The molecular weight excluding hydrogens is 316 g/mol. The van der Waals surface area contributed by atoms with Crippen molar-refractivity contribution in [2.75, 3.05) is 25.1 Å². The maximum atomic E-state index is 12.2. The van der Waals surface area contributed by atoms with Gasteiger partial charge in [0.2, 0.25) is 5.91 Å². The van der Waals surface area contributed by atoms with E-state index in [2.05, 4.69) is 15.6 Å². The van der Waals surface area contributed by atoms with Crippen molar-refractivity contribution in [3.63, 3.8) is 0 Å². The molecule has 1 aliphatic carbocycles. The highest BCUT2D eigenvalue weighted by molar-refractivity contribution is 5.92. The van der Waals surface area contributed by atoms with Crippen LogP contribution >= 0.6 is 0 Å². The van der Waals surface area contributed by atoms with E-state index in [0.717, 1.165) is 63.1 Å². The molecule has 0 radical (unpaired) electrons. The third-order valence-corrected chi connectivity index (χ3v) is 4.33. The highest BCUT2D eigenvalue weighted by Crippen LogP contribution is 2.26. The minimum absolute atomic E-state index is 0.133. The molecule has 1 aliphatic rings. The molecule has 1 fully saturated rings. The van der Waals surface area contributed by atoms with E-state index in [1.807, 2.05) is 31.2 Å². The molecule has 6 nitrogen and oxygen atoms in total. The van der Waals surface area contributed by atoms with E-state index in [9.17, 15) is 4.79 Å². The summed E-state index contributed by atoms with van der Waals surface area (Å²) in [7, 11) is 0. The third-order valence-electron chi connectivity index (χ3n) is 4.33. The summed E-state index contributed by atoms with van der Waals surface area (Å²) in [4.78, 5) is 16.5. The number of nitrogens with zero attached hydrogens (tertiary/aromatic N) is 1. The van der Waals surface area contributed by atoms with Gasteiger partial charge in [0.25, 0.3) is 0 Å². The van der Waals surface area contributed by atoms with E-state index in [1.165, 1.54) is 0 Å². The van der Waals surface area contributed by atoms with Gasteiger partial charge in [0.15, 0.2) is 5.96 Å². The van der Waals surface area contributed by atoms with E-state index in [1.54, 1.807) is 0 Å². The first-order valence-electron chi connectivity index (χ1n) is 9.20. The van der Waals surface area contributed by atoms with Crippen LogP contribution in [0.25, 0.3) is 0 Å². The van der Waals surface area contributed by atoms with Gasteiger partial charge in [-0.1, -0.05) is 25.0 Å². The normalized spacial score (nSPS) is 15.3. The Morgan fingerprint density at radius 1 is 1.36 bits per heavy atom. The molecule has 0 heterocycles. The van der Waals surface area contributed by atoms with E-state index < -0.39 is 0 Å². The number of carbonyl (C=O) groups is 1. The van der Waals surface area contributed by atoms with Crippen LogP contribution in [0.5, 0.6) is 0 Å². The minimum atomic E-state index is 0.133. The van der Waals surface area contributed by atoms with Crippen LogP contribution in [0.15, 0.2) is 29.3 Å². The van der Waals surface area contributed by atoms with Crippen LogP contribution in [-0.4, -0.2) is 31.6 Å². The van der Waals surface area contributed by atoms with Crippen LogP contribution < -0.4 is 16.4 Å². The summed E-state index contributed by atoms with van der Waals surface area (Å²) in [6, 6.07) is 7.78. The third kappa shape index (κ3) is 7.13. The first-order chi connectivity index (χ1) is 12.2. The number of rotatable bonds is 9. The lowest BCUT2D eigenvalue weighted by Gasteiger charge is -2.11. The fourth-order valence-electron chi connectivity index (χ4n) is 2.95. The molecule has 1 aromatic rings. The van der Waals surface area contributed by atoms with Gasteiger partial charge in [0, 0.05) is 31.4 Å². The van der Waals surface area contributed by atoms with Gasteiger partial charge in [-0.25, -0.2) is 4.99 Å². The van der Waals surface area contributed by atoms with Gasteiger partial charge in [0.05, 0.1) is 6.54 Å². The summed E-state index contributed by atoms with van der Waals surface area (Å²) >= 11 is 0. The molecule has 0 saturated heterocycles. The monoisotopic (exact) mass is 346 g/mol. The zero-order valence-electron chi connectivity index (χ0n) is 15.1. The van der Waals surface area contributed by atoms with Crippen LogP contribution in [0.3, 0.4) is 0 Å². The Kier molecular flexibility index (Phi) is 8.25. The average Bonchev–Trinajstić information content (AvgIpc) is 3.15. The maximum absolute atomic E-state index is 12.2. The molecule has 0 aliphatic heterocycles. The highest BCUT2D eigenvalue weighted by atomic mass is 16.5. The standard InChI is InChI=1S/C19H30N4O2/c1-2-25-12-6-11-21-19(20)22-14-15-7-5-10-17(13-15)23-18(24)16-8-3-4-9-16/h5,7,10,13,16H,2-4,6,8-9,11-12,14H2,1H3,(H,23,24)(H3,20,21,22). The first-order valence-corrected chi connectivity index (χ1v) is 9.20. The molecule has 1 aromatic carbocycles. The van der Waals surface area contributed by atoms with Gasteiger partial charge >= 0.3 is 0 Å². The van der Waals surface area contributed by atoms with E-state index >= 15 is 0 Å². The molecular formula is C19H30N4O2. The predicted molar refractivity (Wildman–Crippen MR) is 101 cm³/mol. The highest BCUT2D eigenvalue weighted by Gasteiger charge is 2.22. The summed E-state index contributed by atoms with van der Waals surface area (Å²) < 4.78 is 5.27. The molecule has 4 N–H and O–H groups in total. The quantitative estimate of drug-likeness (QED) is 0.364. The predicted octanol–water partition coefficient (Wildman–Crippen LogP) is 2.65. The van der Waals surface area contributed by atoms with Crippen molar-refractivity contribution in [1.29, 1.82) is 0 Å². The summed E-state index contributed by atoms with van der Waals surface area (Å²) in [5, 5.41) is 6.09. The summed E-state index contributed by atoms with van der Waals surface area (Å²) in [6.07, 6.45) is 5.21. The molecule has 0 atom stereocenters. The zero-order chi connectivity index (χ0) is 17.9. The van der Waals surface area contributed by atoms with Crippen molar-refractivity contribution >= 4 is 17.6 Å². The van der Waals surface area contributed by atoms with Crippen LogP contribution in [0, 0.1) is 5.92 Å². The second-order valence-electron chi connectivity index (χ2n) is 6.35. The number of hydrogen-bond donors (Lipinski definition) is 3. The summed E-state index contributed by atoms with van der Waals surface area (Å²) in [5.74, 6) is 0.726. The smallest absolute Gasteiger partial charge is 0.227 e. The van der Waals surface area contributed by atoms with Crippen LogP contribution in [0.4, 0.5) is 5.69 Å². The SMILES string of the molecule is CCOCCCNC(N)=NCc1cccc(NC(=O)C2CCCC2)c1. The van der Waals surface area contributed by atoms with E-state index in [0.29, 0.717) is 12.5 Å². The summed E-state index contributed by atoms with van der Waals surface area (Å²) in [5.41, 5.74) is 7.71. The van der Waals surface area contributed by atoms with Crippen molar-refractivity contribution < 1.29 is 9.53 Å². The van der Waals surface area contributed by atoms with Crippen LogP contribution in [0.2, 0.25) is 0 Å². The van der Waals surface area contributed by atoms with Crippen LogP contribution in [0.1, 0.15) is 44.6 Å². The number of anilines is 1. The molecule has 1 amide bonds. The van der Waals surface area contributed by atoms with Gasteiger partial charge in [-0.2, -0.15) is 0 Å². The lowest BCUT2D eigenvalue weighted by Crippen LogP contribution is -2.32. The zero-order valence-corrected chi connectivity index (χ0v) is 15.1. The number of carbonyl (C=O) groups excluding carboxylic acids is 1. The van der Waals surface area contributed by atoms with Crippen molar-refractivity contribution in [3.05, 3.63) is 29.8 Å². The number of nitrogens with two attached hydrogens (primary N) is 1. The number of ether oxygens (including phenoxy) is 1. The van der Waals surface area contributed by atoms with Crippen molar-refractivity contribution in [2.45, 2.75) is 45.6 Å². The van der Waals surface area contributed by atoms with Gasteiger partial charge in [-0.05, 0) is 43.9 Å². The molecule has 0 bridgehead atoms. The van der Waals surface area contributed by atoms with Gasteiger partial charge in [0.1, 0.15) is 0 Å². The van der Waals surface area contributed by atoms with E-state index in [4.69, 9.17) is 10.5 Å². The largest absolute Gasteiger partial charge is 0.382 e. The molecule has 1 saturated carbocycles. The molecule has 25 heavy (non-hydrogen) atoms. The number of benzene rings is 1. The summed E-state index contributed by atoms with van der Waals surface area (Å²) in [6.45, 7) is 4.66. The van der Waals surface area contributed by atoms with Gasteiger partial charge in [-0.3, -0.25) is 4.79 Å². The average molecular weight is 346 g/mol. The number of guanidine groups is 1. The Morgan fingerprint density at radius 3 is 2.92 bits per heavy atom. The first kappa shape index (κ1) is 19.2.